The van der Waals surface area contributed by atoms with E-state index in [9.17, 15) is 4.79 Å². The zero-order valence-corrected chi connectivity index (χ0v) is 12.7. The maximum absolute atomic E-state index is 11.7. The van der Waals surface area contributed by atoms with E-state index < -0.39 is 0 Å². The second-order valence-corrected chi connectivity index (χ2v) is 5.87. The third kappa shape index (κ3) is 5.59. The number of rotatable bonds is 7. The van der Waals surface area contributed by atoms with E-state index in [2.05, 4.69) is 4.90 Å². The summed E-state index contributed by atoms with van der Waals surface area (Å²) in [5.74, 6) is 1.46. The number of hydrogen-bond acceptors (Lipinski definition) is 4. The third-order valence-electron chi connectivity index (χ3n) is 3.44. The number of ether oxygens (including phenoxy) is 1. The van der Waals surface area contributed by atoms with Gasteiger partial charge in [-0.3, -0.25) is 4.79 Å². The lowest BCUT2D eigenvalue weighted by Crippen LogP contribution is -2.43. The van der Waals surface area contributed by atoms with Crippen molar-refractivity contribution in [2.24, 2.45) is 5.92 Å². The lowest BCUT2D eigenvalue weighted by atomic mass is 9.97. The first kappa shape index (κ1) is 15.8. The molecule has 0 radical (unpaired) electrons. The highest BCUT2D eigenvalue weighted by Gasteiger charge is 2.22. The van der Waals surface area contributed by atoms with E-state index in [1.807, 2.05) is 18.2 Å². The van der Waals surface area contributed by atoms with E-state index >= 15 is 0 Å². The summed E-state index contributed by atoms with van der Waals surface area (Å²) in [4.78, 5) is 16.1. The Hall–Kier alpha value is -0.260. The minimum Gasteiger partial charge on any atom is -0.383 e. The van der Waals surface area contributed by atoms with Crippen LogP contribution >= 0.6 is 11.8 Å². The molecule has 0 saturated carbocycles. The molecule has 1 amide bonds. The molecule has 0 aromatic rings. The van der Waals surface area contributed by atoms with Crippen LogP contribution in [0, 0.1) is 5.92 Å². The van der Waals surface area contributed by atoms with Crippen LogP contribution in [0.5, 0.6) is 0 Å². The molecule has 106 valence electrons. The average Bonchev–Trinajstić information content (AvgIpc) is 2.37. The van der Waals surface area contributed by atoms with Gasteiger partial charge in [0.2, 0.25) is 5.91 Å². The van der Waals surface area contributed by atoms with Gasteiger partial charge in [0, 0.05) is 33.8 Å². The first-order valence-electron chi connectivity index (χ1n) is 6.61. The Bertz CT molecular complexity index is 251. The van der Waals surface area contributed by atoms with Gasteiger partial charge in [-0.1, -0.05) is 0 Å². The number of carbonyl (C=O) groups is 1. The molecule has 5 heteroatoms. The van der Waals surface area contributed by atoms with E-state index in [1.165, 1.54) is 19.4 Å². The van der Waals surface area contributed by atoms with Crippen molar-refractivity contribution in [3.63, 3.8) is 0 Å². The summed E-state index contributed by atoms with van der Waals surface area (Å²) in [6.45, 7) is 4.97. The van der Waals surface area contributed by atoms with Crippen molar-refractivity contribution in [1.82, 2.24) is 9.80 Å². The van der Waals surface area contributed by atoms with Gasteiger partial charge in [0.25, 0.3) is 0 Å². The molecule has 0 aliphatic carbocycles. The fourth-order valence-corrected chi connectivity index (χ4v) is 2.91. The highest BCUT2D eigenvalue weighted by molar-refractivity contribution is 7.99. The molecule has 1 fully saturated rings. The molecule has 1 saturated heterocycles. The van der Waals surface area contributed by atoms with Crippen LogP contribution in [0.2, 0.25) is 0 Å². The van der Waals surface area contributed by atoms with Gasteiger partial charge in [-0.05, 0) is 31.6 Å². The quantitative estimate of drug-likeness (QED) is 0.697. The number of thioether (sulfide) groups is 1. The van der Waals surface area contributed by atoms with Crippen molar-refractivity contribution >= 4 is 17.7 Å². The van der Waals surface area contributed by atoms with Gasteiger partial charge >= 0.3 is 0 Å². The Morgan fingerprint density at radius 2 is 2.33 bits per heavy atom. The number of carbonyl (C=O) groups excluding carboxylic acids is 1. The molecule has 0 N–H and O–H groups in total. The second kappa shape index (κ2) is 8.77. The second-order valence-electron chi connectivity index (χ2n) is 5.01. The van der Waals surface area contributed by atoms with Gasteiger partial charge < -0.3 is 14.5 Å². The molecule has 4 nitrogen and oxygen atoms in total. The Morgan fingerprint density at radius 1 is 1.56 bits per heavy atom. The molecule has 1 atom stereocenters. The van der Waals surface area contributed by atoms with Gasteiger partial charge in [0.05, 0.1) is 12.4 Å². The maximum Gasteiger partial charge on any atom is 0.232 e. The Morgan fingerprint density at radius 3 is 3.00 bits per heavy atom. The molecule has 1 heterocycles. The van der Waals surface area contributed by atoms with Gasteiger partial charge in [-0.15, -0.1) is 0 Å². The third-order valence-corrected chi connectivity index (χ3v) is 3.98. The summed E-state index contributed by atoms with van der Waals surface area (Å²) in [7, 11) is 3.67. The molecule has 1 unspecified atom stereocenters. The van der Waals surface area contributed by atoms with Crippen molar-refractivity contribution in [3.8, 4) is 0 Å². The largest absolute Gasteiger partial charge is 0.383 e. The Labute approximate surface area is 115 Å². The molecule has 0 spiro atoms. The highest BCUT2D eigenvalue weighted by Crippen LogP contribution is 2.17. The lowest BCUT2D eigenvalue weighted by Gasteiger charge is -2.34. The number of likely N-dealkylation sites (tertiary alicyclic amines) is 1. The fourth-order valence-electron chi connectivity index (χ4n) is 2.45. The van der Waals surface area contributed by atoms with Crippen LogP contribution in [0.1, 0.15) is 12.8 Å². The molecular weight excluding hydrogens is 248 g/mol. The van der Waals surface area contributed by atoms with Crippen LogP contribution in [0.3, 0.4) is 0 Å². The van der Waals surface area contributed by atoms with Crippen LogP contribution < -0.4 is 0 Å². The first-order chi connectivity index (χ1) is 8.67. The molecule has 1 aliphatic heterocycles. The number of piperidine rings is 1. The summed E-state index contributed by atoms with van der Waals surface area (Å²) < 4.78 is 5.12. The van der Waals surface area contributed by atoms with Crippen molar-refractivity contribution in [3.05, 3.63) is 0 Å². The number of amides is 1. The predicted octanol–water partition coefficient (Wildman–Crippen LogP) is 1.17. The minimum atomic E-state index is 0.247. The standard InChI is InChI=1S/C13H26N2O2S/c1-14(13(16)11-18-3)9-12-5-4-6-15(10-12)7-8-17-2/h12H,4-11H2,1-3H3. The number of nitrogens with zero attached hydrogens (tertiary/aromatic N) is 2. The molecule has 0 bridgehead atoms. The highest BCUT2D eigenvalue weighted by atomic mass is 32.2. The molecule has 1 rings (SSSR count). The van der Waals surface area contributed by atoms with E-state index in [0.29, 0.717) is 11.7 Å². The first-order valence-corrected chi connectivity index (χ1v) is 8.01. The van der Waals surface area contributed by atoms with E-state index in [0.717, 1.165) is 26.2 Å². The topological polar surface area (TPSA) is 32.8 Å². The van der Waals surface area contributed by atoms with Crippen LogP contribution in [-0.4, -0.2) is 74.7 Å². The average molecular weight is 274 g/mol. The summed E-state index contributed by atoms with van der Waals surface area (Å²) in [6, 6.07) is 0. The van der Waals surface area contributed by atoms with E-state index in [1.54, 1.807) is 18.9 Å². The van der Waals surface area contributed by atoms with Crippen LogP contribution in [0.15, 0.2) is 0 Å². The molecule has 0 aromatic carbocycles. The monoisotopic (exact) mass is 274 g/mol. The van der Waals surface area contributed by atoms with Gasteiger partial charge in [0.15, 0.2) is 0 Å². The lowest BCUT2D eigenvalue weighted by molar-refractivity contribution is -0.127. The summed E-state index contributed by atoms with van der Waals surface area (Å²) >= 11 is 1.59. The Kier molecular flexibility index (Phi) is 7.70. The molecule has 0 aromatic heterocycles. The zero-order chi connectivity index (χ0) is 13.4. The minimum absolute atomic E-state index is 0.247. The maximum atomic E-state index is 11.7. The Balaban J connectivity index is 2.30. The van der Waals surface area contributed by atoms with Gasteiger partial charge in [-0.25, -0.2) is 0 Å². The predicted molar refractivity (Wildman–Crippen MR) is 77.1 cm³/mol. The summed E-state index contributed by atoms with van der Waals surface area (Å²) in [5, 5.41) is 0. The SMILES string of the molecule is COCCN1CCCC(CN(C)C(=O)CSC)C1. The summed E-state index contributed by atoms with van der Waals surface area (Å²) in [6.07, 6.45) is 4.44. The van der Waals surface area contributed by atoms with E-state index in [-0.39, 0.29) is 5.91 Å². The van der Waals surface area contributed by atoms with Crippen LogP contribution in [-0.2, 0) is 9.53 Å². The molecule has 1 aliphatic rings. The van der Waals surface area contributed by atoms with Gasteiger partial charge in [0.1, 0.15) is 0 Å². The van der Waals surface area contributed by atoms with Crippen LogP contribution in [0.25, 0.3) is 0 Å². The molecular formula is C13H26N2O2S. The van der Waals surface area contributed by atoms with Crippen molar-refractivity contribution in [2.75, 3.05) is 59.0 Å². The van der Waals surface area contributed by atoms with Crippen LogP contribution in [0.4, 0.5) is 0 Å². The normalized spacial score (nSPS) is 20.9. The molecule has 18 heavy (non-hydrogen) atoms. The zero-order valence-electron chi connectivity index (χ0n) is 11.9. The number of hydrogen-bond donors (Lipinski definition) is 0. The van der Waals surface area contributed by atoms with Crippen molar-refractivity contribution in [1.29, 1.82) is 0 Å². The van der Waals surface area contributed by atoms with Gasteiger partial charge in [-0.2, -0.15) is 11.8 Å². The summed E-state index contributed by atoms with van der Waals surface area (Å²) in [5.41, 5.74) is 0. The fraction of sp³-hybridized carbons (Fsp3) is 0.923. The smallest absolute Gasteiger partial charge is 0.232 e. The number of methoxy groups -OCH3 is 1. The van der Waals surface area contributed by atoms with E-state index in [4.69, 9.17) is 4.74 Å². The van der Waals surface area contributed by atoms with Crippen molar-refractivity contribution in [2.45, 2.75) is 12.8 Å². The van der Waals surface area contributed by atoms with Crippen molar-refractivity contribution < 1.29 is 9.53 Å².